The lowest BCUT2D eigenvalue weighted by atomic mass is 10.3. The molecule has 0 unspecified atom stereocenters. The third kappa shape index (κ3) is 2.88. The highest BCUT2D eigenvalue weighted by Gasteiger charge is 2.11. The van der Waals surface area contributed by atoms with Crippen molar-refractivity contribution in [2.75, 3.05) is 12.4 Å². The van der Waals surface area contributed by atoms with E-state index in [1.807, 2.05) is 12.1 Å². The molecule has 1 aromatic carbocycles. The predicted molar refractivity (Wildman–Crippen MR) is 68.6 cm³/mol. The van der Waals surface area contributed by atoms with Gasteiger partial charge in [-0.25, -0.2) is 13.1 Å². The van der Waals surface area contributed by atoms with Crippen LogP contribution in [-0.2, 0) is 16.6 Å². The van der Waals surface area contributed by atoms with Crippen LogP contribution in [0.1, 0.15) is 5.69 Å². The summed E-state index contributed by atoms with van der Waals surface area (Å²) in [6.07, 6.45) is 1.67. The predicted octanol–water partition coefficient (Wildman–Crippen LogP) is 0.930. The van der Waals surface area contributed by atoms with Gasteiger partial charge in [0.15, 0.2) is 0 Å². The molecule has 0 aliphatic rings. The SMILES string of the molecule is CNS(=O)(=O)c1cccc(NCc2ccn[nH]2)c1. The lowest BCUT2D eigenvalue weighted by Gasteiger charge is -2.07. The molecule has 7 heteroatoms. The third-order valence-corrected chi connectivity index (χ3v) is 3.87. The zero-order chi connectivity index (χ0) is 13.0. The quantitative estimate of drug-likeness (QED) is 0.751. The number of rotatable bonds is 5. The Balaban J connectivity index is 2.13. The fourth-order valence-corrected chi connectivity index (χ4v) is 2.25. The maximum atomic E-state index is 11.6. The number of sulfonamides is 1. The Labute approximate surface area is 105 Å². The van der Waals surface area contributed by atoms with Crippen LogP contribution in [0, 0.1) is 0 Å². The molecule has 0 atom stereocenters. The number of nitrogens with one attached hydrogen (secondary N) is 3. The molecule has 0 saturated carbocycles. The van der Waals surface area contributed by atoms with Gasteiger partial charge in [0.1, 0.15) is 0 Å². The summed E-state index contributed by atoms with van der Waals surface area (Å²) in [6, 6.07) is 8.49. The monoisotopic (exact) mass is 266 g/mol. The summed E-state index contributed by atoms with van der Waals surface area (Å²) >= 11 is 0. The van der Waals surface area contributed by atoms with E-state index < -0.39 is 10.0 Å². The number of anilines is 1. The van der Waals surface area contributed by atoms with Crippen LogP contribution >= 0.6 is 0 Å². The lowest BCUT2D eigenvalue weighted by molar-refractivity contribution is 0.588. The van der Waals surface area contributed by atoms with E-state index in [-0.39, 0.29) is 4.90 Å². The maximum absolute atomic E-state index is 11.6. The standard InChI is InChI=1S/C11H14N4O2S/c1-12-18(16,17)11-4-2-3-9(7-11)13-8-10-5-6-14-15-10/h2-7,12-13H,8H2,1H3,(H,14,15). The Morgan fingerprint density at radius 2 is 2.17 bits per heavy atom. The largest absolute Gasteiger partial charge is 0.379 e. The second kappa shape index (κ2) is 5.19. The van der Waals surface area contributed by atoms with Gasteiger partial charge < -0.3 is 5.32 Å². The van der Waals surface area contributed by atoms with Crippen LogP contribution in [0.25, 0.3) is 0 Å². The van der Waals surface area contributed by atoms with E-state index in [4.69, 9.17) is 0 Å². The molecule has 6 nitrogen and oxygen atoms in total. The molecule has 0 aliphatic heterocycles. The molecule has 2 rings (SSSR count). The number of nitrogens with zero attached hydrogens (tertiary/aromatic N) is 1. The van der Waals surface area contributed by atoms with Crippen molar-refractivity contribution >= 4 is 15.7 Å². The maximum Gasteiger partial charge on any atom is 0.240 e. The van der Waals surface area contributed by atoms with Crippen molar-refractivity contribution in [3.63, 3.8) is 0 Å². The van der Waals surface area contributed by atoms with E-state index >= 15 is 0 Å². The first-order chi connectivity index (χ1) is 8.62. The topological polar surface area (TPSA) is 86.9 Å². The number of aromatic amines is 1. The molecule has 0 bridgehead atoms. The Hall–Kier alpha value is -1.86. The summed E-state index contributed by atoms with van der Waals surface area (Å²) < 4.78 is 25.5. The van der Waals surface area contributed by atoms with Gasteiger partial charge in [-0.1, -0.05) is 6.07 Å². The molecule has 0 radical (unpaired) electrons. The number of hydrogen-bond donors (Lipinski definition) is 3. The van der Waals surface area contributed by atoms with Crippen LogP contribution in [-0.4, -0.2) is 25.7 Å². The van der Waals surface area contributed by atoms with Crippen LogP contribution < -0.4 is 10.0 Å². The first kappa shape index (κ1) is 12.6. The third-order valence-electron chi connectivity index (χ3n) is 2.45. The van der Waals surface area contributed by atoms with Crippen LogP contribution in [0.5, 0.6) is 0 Å². The highest BCUT2D eigenvalue weighted by Crippen LogP contribution is 2.15. The van der Waals surface area contributed by atoms with Crippen LogP contribution in [0.3, 0.4) is 0 Å². The summed E-state index contributed by atoms with van der Waals surface area (Å²) in [7, 11) is -2.01. The number of benzene rings is 1. The Morgan fingerprint density at radius 3 is 2.83 bits per heavy atom. The summed E-state index contributed by atoms with van der Waals surface area (Å²) in [6.45, 7) is 0.559. The fraction of sp³-hybridized carbons (Fsp3) is 0.182. The first-order valence-electron chi connectivity index (χ1n) is 5.37. The number of H-pyrrole nitrogens is 1. The van der Waals surface area contributed by atoms with E-state index in [2.05, 4.69) is 20.2 Å². The van der Waals surface area contributed by atoms with E-state index in [9.17, 15) is 8.42 Å². The van der Waals surface area contributed by atoms with Crippen LogP contribution in [0.2, 0.25) is 0 Å². The number of aromatic nitrogens is 2. The van der Waals surface area contributed by atoms with E-state index in [0.717, 1.165) is 11.4 Å². The van der Waals surface area contributed by atoms with Crippen molar-refractivity contribution in [2.45, 2.75) is 11.4 Å². The normalized spacial score (nSPS) is 11.4. The summed E-state index contributed by atoms with van der Waals surface area (Å²) in [5.74, 6) is 0. The molecule has 1 aromatic heterocycles. The zero-order valence-corrected chi connectivity index (χ0v) is 10.7. The second-order valence-electron chi connectivity index (χ2n) is 3.67. The zero-order valence-electron chi connectivity index (χ0n) is 9.84. The van der Waals surface area contributed by atoms with E-state index in [1.54, 1.807) is 24.4 Å². The van der Waals surface area contributed by atoms with Crippen molar-refractivity contribution in [1.29, 1.82) is 0 Å². The molecule has 0 saturated heterocycles. The molecular formula is C11H14N4O2S. The van der Waals surface area contributed by atoms with Gasteiger partial charge in [0, 0.05) is 11.9 Å². The summed E-state index contributed by atoms with van der Waals surface area (Å²) in [4.78, 5) is 0.236. The first-order valence-corrected chi connectivity index (χ1v) is 6.86. The average molecular weight is 266 g/mol. The molecule has 0 aliphatic carbocycles. The minimum absolute atomic E-state index is 0.236. The molecule has 0 spiro atoms. The minimum Gasteiger partial charge on any atom is -0.379 e. The molecule has 18 heavy (non-hydrogen) atoms. The van der Waals surface area contributed by atoms with E-state index in [0.29, 0.717) is 6.54 Å². The molecule has 2 aromatic rings. The minimum atomic E-state index is -3.40. The van der Waals surface area contributed by atoms with Crippen molar-refractivity contribution in [3.8, 4) is 0 Å². The fourth-order valence-electron chi connectivity index (χ4n) is 1.47. The average Bonchev–Trinajstić information content (AvgIpc) is 2.90. The Bertz CT molecular complexity index is 608. The molecule has 0 fully saturated rings. The van der Waals surface area contributed by atoms with E-state index in [1.165, 1.54) is 7.05 Å². The van der Waals surface area contributed by atoms with Gasteiger partial charge >= 0.3 is 0 Å². The molecular weight excluding hydrogens is 252 g/mol. The van der Waals surface area contributed by atoms with Gasteiger partial charge in [0.25, 0.3) is 0 Å². The van der Waals surface area contributed by atoms with Crippen molar-refractivity contribution in [2.24, 2.45) is 0 Å². The Morgan fingerprint density at radius 1 is 1.33 bits per heavy atom. The summed E-state index contributed by atoms with van der Waals surface area (Å²) in [5, 5.41) is 9.77. The summed E-state index contributed by atoms with van der Waals surface area (Å²) in [5.41, 5.74) is 1.66. The van der Waals surface area contributed by atoms with Gasteiger partial charge in [0.05, 0.1) is 17.1 Å². The van der Waals surface area contributed by atoms with Crippen molar-refractivity contribution < 1.29 is 8.42 Å². The van der Waals surface area contributed by atoms with Crippen molar-refractivity contribution in [3.05, 3.63) is 42.2 Å². The van der Waals surface area contributed by atoms with Gasteiger partial charge in [0.2, 0.25) is 10.0 Å². The molecule has 0 amide bonds. The van der Waals surface area contributed by atoms with Gasteiger partial charge in [-0.05, 0) is 31.3 Å². The van der Waals surface area contributed by atoms with Crippen LogP contribution in [0.4, 0.5) is 5.69 Å². The number of hydrogen-bond acceptors (Lipinski definition) is 4. The van der Waals surface area contributed by atoms with Gasteiger partial charge in [-0.2, -0.15) is 5.10 Å². The molecule has 1 heterocycles. The smallest absolute Gasteiger partial charge is 0.240 e. The molecule has 3 N–H and O–H groups in total. The lowest BCUT2D eigenvalue weighted by Crippen LogP contribution is -2.18. The Kier molecular flexibility index (Phi) is 3.63. The highest BCUT2D eigenvalue weighted by molar-refractivity contribution is 7.89. The van der Waals surface area contributed by atoms with Crippen molar-refractivity contribution in [1.82, 2.24) is 14.9 Å². The molecule has 96 valence electrons. The van der Waals surface area contributed by atoms with Gasteiger partial charge in [-0.3, -0.25) is 5.10 Å². The second-order valence-corrected chi connectivity index (χ2v) is 5.56. The van der Waals surface area contributed by atoms with Crippen LogP contribution in [0.15, 0.2) is 41.4 Å². The van der Waals surface area contributed by atoms with Gasteiger partial charge in [-0.15, -0.1) is 0 Å². The highest BCUT2D eigenvalue weighted by atomic mass is 32.2.